The summed E-state index contributed by atoms with van der Waals surface area (Å²) in [4.78, 5) is 35.0. The van der Waals surface area contributed by atoms with Crippen LogP contribution in [0.1, 0.15) is 35.7 Å². The number of esters is 1. The second-order valence-corrected chi connectivity index (χ2v) is 5.59. The van der Waals surface area contributed by atoms with Crippen LogP contribution in [0.15, 0.2) is 22.7 Å². The number of nitrogens with one attached hydrogen (secondary N) is 1. The Labute approximate surface area is 154 Å². The lowest BCUT2D eigenvalue weighted by Crippen LogP contribution is -2.30. The van der Waals surface area contributed by atoms with E-state index in [9.17, 15) is 19.7 Å². The van der Waals surface area contributed by atoms with Gasteiger partial charge in [0.1, 0.15) is 17.1 Å². The molecule has 0 spiro atoms. The molecule has 1 heterocycles. The molecule has 2 aromatic rings. The first kappa shape index (κ1) is 19.9. The Kier molecular flexibility index (Phi) is 6.11. The van der Waals surface area contributed by atoms with Crippen molar-refractivity contribution < 1.29 is 28.5 Å². The summed E-state index contributed by atoms with van der Waals surface area (Å²) in [5.41, 5.74) is 0.494. The topological polar surface area (TPSA) is 134 Å². The zero-order valence-corrected chi connectivity index (χ0v) is 15.3. The SMILES string of the molecule is CCc1noc(C)c1C(=O)OC(C)C(=O)Nc1cc([N+](=O)[O-])ccc1OC. The van der Waals surface area contributed by atoms with Gasteiger partial charge in [0.05, 0.1) is 23.4 Å². The average Bonchev–Trinajstić information content (AvgIpc) is 3.02. The van der Waals surface area contributed by atoms with Crippen molar-refractivity contribution >= 4 is 23.3 Å². The molecule has 2 rings (SSSR count). The summed E-state index contributed by atoms with van der Waals surface area (Å²) in [6.07, 6.45) is -0.701. The van der Waals surface area contributed by atoms with Crippen LogP contribution in [-0.4, -0.2) is 35.2 Å². The molecule has 27 heavy (non-hydrogen) atoms. The molecule has 0 aliphatic rings. The number of benzene rings is 1. The molecular formula is C17H19N3O7. The van der Waals surface area contributed by atoms with Crippen LogP contribution < -0.4 is 10.1 Å². The highest BCUT2D eigenvalue weighted by molar-refractivity contribution is 5.99. The molecule has 1 aromatic carbocycles. The third kappa shape index (κ3) is 4.40. The van der Waals surface area contributed by atoms with Crippen molar-refractivity contribution in [2.45, 2.75) is 33.3 Å². The van der Waals surface area contributed by atoms with Crippen molar-refractivity contribution in [2.75, 3.05) is 12.4 Å². The lowest BCUT2D eigenvalue weighted by molar-refractivity contribution is -0.384. The van der Waals surface area contributed by atoms with E-state index in [1.54, 1.807) is 13.8 Å². The van der Waals surface area contributed by atoms with E-state index in [-0.39, 0.29) is 22.7 Å². The van der Waals surface area contributed by atoms with Gasteiger partial charge in [-0.2, -0.15) is 0 Å². The highest BCUT2D eigenvalue weighted by atomic mass is 16.6. The van der Waals surface area contributed by atoms with Crippen molar-refractivity contribution in [3.8, 4) is 5.75 Å². The van der Waals surface area contributed by atoms with Crippen LogP contribution in [0.3, 0.4) is 0 Å². The Morgan fingerprint density at radius 2 is 2.11 bits per heavy atom. The van der Waals surface area contributed by atoms with E-state index in [2.05, 4.69) is 10.5 Å². The number of anilines is 1. The molecule has 0 radical (unpaired) electrons. The van der Waals surface area contributed by atoms with Gasteiger partial charge < -0.3 is 19.3 Å². The first-order chi connectivity index (χ1) is 12.8. The second-order valence-electron chi connectivity index (χ2n) is 5.59. The smallest absolute Gasteiger partial charge is 0.344 e. The predicted molar refractivity (Wildman–Crippen MR) is 93.8 cm³/mol. The van der Waals surface area contributed by atoms with Gasteiger partial charge in [-0.05, 0) is 26.3 Å². The van der Waals surface area contributed by atoms with Crippen LogP contribution in [0.5, 0.6) is 5.75 Å². The Morgan fingerprint density at radius 1 is 1.41 bits per heavy atom. The third-order valence-electron chi connectivity index (χ3n) is 3.78. The van der Waals surface area contributed by atoms with Crippen molar-refractivity contribution in [1.82, 2.24) is 5.16 Å². The Bertz CT molecular complexity index is 875. The average molecular weight is 377 g/mol. The van der Waals surface area contributed by atoms with E-state index in [0.29, 0.717) is 17.9 Å². The van der Waals surface area contributed by atoms with Gasteiger partial charge in [0.15, 0.2) is 6.10 Å². The zero-order valence-electron chi connectivity index (χ0n) is 15.3. The summed E-state index contributed by atoms with van der Waals surface area (Å²) in [5, 5.41) is 17.1. The van der Waals surface area contributed by atoms with Crippen LogP contribution in [-0.2, 0) is 16.0 Å². The van der Waals surface area contributed by atoms with Crippen LogP contribution in [0.4, 0.5) is 11.4 Å². The van der Waals surface area contributed by atoms with E-state index < -0.39 is 22.9 Å². The number of hydrogen-bond acceptors (Lipinski definition) is 8. The van der Waals surface area contributed by atoms with Gasteiger partial charge >= 0.3 is 5.97 Å². The lowest BCUT2D eigenvalue weighted by Gasteiger charge is -2.15. The van der Waals surface area contributed by atoms with Crippen LogP contribution in [0.25, 0.3) is 0 Å². The number of aromatic nitrogens is 1. The first-order valence-corrected chi connectivity index (χ1v) is 8.07. The molecule has 1 N–H and O–H groups in total. The van der Waals surface area contributed by atoms with Gasteiger partial charge in [-0.15, -0.1) is 0 Å². The number of nitro groups is 1. The van der Waals surface area contributed by atoms with Crippen LogP contribution in [0.2, 0.25) is 0 Å². The fourth-order valence-electron chi connectivity index (χ4n) is 2.34. The van der Waals surface area contributed by atoms with Gasteiger partial charge in [0.2, 0.25) is 0 Å². The van der Waals surface area contributed by atoms with Crippen molar-refractivity contribution in [3.63, 3.8) is 0 Å². The number of hydrogen-bond donors (Lipinski definition) is 1. The minimum absolute atomic E-state index is 0.0926. The van der Waals surface area contributed by atoms with E-state index in [4.69, 9.17) is 14.0 Å². The summed E-state index contributed by atoms with van der Waals surface area (Å²) in [5.74, 6) is -0.881. The maximum absolute atomic E-state index is 12.4. The van der Waals surface area contributed by atoms with E-state index in [0.717, 1.165) is 6.07 Å². The van der Waals surface area contributed by atoms with E-state index in [1.807, 2.05) is 0 Å². The molecule has 10 nitrogen and oxygen atoms in total. The molecular weight excluding hydrogens is 358 g/mol. The van der Waals surface area contributed by atoms with Crippen molar-refractivity contribution in [2.24, 2.45) is 0 Å². The molecule has 0 bridgehead atoms. The normalized spacial score (nSPS) is 11.6. The standard InChI is InChI=1S/C17H19N3O7/c1-5-12-15(9(2)27-19-12)17(22)26-10(3)16(21)18-13-8-11(20(23)24)6-7-14(13)25-4/h6-8,10H,5H2,1-4H3,(H,18,21). The number of methoxy groups -OCH3 is 1. The predicted octanol–water partition coefficient (Wildman–Crippen LogP) is 2.65. The van der Waals surface area contributed by atoms with E-state index in [1.165, 1.54) is 26.2 Å². The molecule has 1 aromatic heterocycles. The fraction of sp³-hybridized carbons (Fsp3) is 0.353. The maximum Gasteiger partial charge on any atom is 0.344 e. The molecule has 10 heteroatoms. The largest absolute Gasteiger partial charge is 0.495 e. The Hall–Kier alpha value is -3.43. The number of nitro benzene ring substituents is 1. The number of rotatable bonds is 7. The van der Waals surface area contributed by atoms with Crippen molar-refractivity contribution in [1.29, 1.82) is 0 Å². The summed E-state index contributed by atoms with van der Waals surface area (Å²) in [6, 6.07) is 3.77. The number of amides is 1. The molecule has 1 amide bonds. The Morgan fingerprint density at radius 3 is 2.70 bits per heavy atom. The number of carbonyl (C=O) groups excluding carboxylic acids is 2. The number of non-ortho nitro benzene ring substituents is 1. The highest BCUT2D eigenvalue weighted by Crippen LogP contribution is 2.29. The fourth-order valence-corrected chi connectivity index (χ4v) is 2.34. The molecule has 0 fully saturated rings. The zero-order chi connectivity index (χ0) is 20.1. The number of ether oxygens (including phenoxy) is 2. The quantitative estimate of drug-likeness (QED) is 0.442. The summed E-state index contributed by atoms with van der Waals surface area (Å²) in [6.45, 7) is 4.76. The minimum Gasteiger partial charge on any atom is -0.495 e. The van der Waals surface area contributed by atoms with Gasteiger partial charge in [0, 0.05) is 12.1 Å². The molecule has 1 unspecified atom stereocenters. The maximum atomic E-state index is 12.4. The summed E-state index contributed by atoms with van der Waals surface area (Å²) >= 11 is 0. The van der Waals surface area contributed by atoms with Crippen LogP contribution in [0, 0.1) is 17.0 Å². The van der Waals surface area contributed by atoms with Crippen molar-refractivity contribution in [3.05, 3.63) is 45.3 Å². The van der Waals surface area contributed by atoms with Gasteiger partial charge in [-0.1, -0.05) is 12.1 Å². The monoisotopic (exact) mass is 377 g/mol. The Balaban J connectivity index is 2.14. The number of nitrogens with zero attached hydrogens (tertiary/aromatic N) is 2. The van der Waals surface area contributed by atoms with Gasteiger partial charge in [-0.3, -0.25) is 14.9 Å². The molecule has 0 saturated carbocycles. The van der Waals surface area contributed by atoms with Gasteiger partial charge in [-0.25, -0.2) is 4.79 Å². The summed E-state index contributed by atoms with van der Waals surface area (Å²) in [7, 11) is 1.36. The molecule has 0 saturated heterocycles. The number of aryl methyl sites for hydroxylation is 2. The molecule has 144 valence electrons. The molecule has 1 atom stereocenters. The lowest BCUT2D eigenvalue weighted by atomic mass is 10.1. The third-order valence-corrected chi connectivity index (χ3v) is 3.78. The highest BCUT2D eigenvalue weighted by Gasteiger charge is 2.26. The van der Waals surface area contributed by atoms with E-state index >= 15 is 0 Å². The minimum atomic E-state index is -1.17. The molecule has 0 aliphatic carbocycles. The van der Waals surface area contributed by atoms with Crippen LogP contribution >= 0.6 is 0 Å². The first-order valence-electron chi connectivity index (χ1n) is 8.07. The van der Waals surface area contributed by atoms with Gasteiger partial charge in [0.25, 0.3) is 11.6 Å². The second kappa shape index (κ2) is 8.30. The molecule has 0 aliphatic heterocycles. The number of carbonyl (C=O) groups is 2. The summed E-state index contributed by atoms with van der Waals surface area (Å²) < 4.78 is 15.2.